The van der Waals surface area contributed by atoms with Crippen LogP contribution in [0, 0.1) is 12.3 Å². The summed E-state index contributed by atoms with van der Waals surface area (Å²) in [5, 5.41) is 2.99. The van der Waals surface area contributed by atoms with Gasteiger partial charge in [0.15, 0.2) is 0 Å². The van der Waals surface area contributed by atoms with Gasteiger partial charge in [-0.2, -0.15) is 0 Å². The topological polar surface area (TPSA) is 54.5 Å². The molecule has 2 heterocycles. The Morgan fingerprint density at radius 2 is 2.04 bits per heavy atom. The third-order valence-corrected chi connectivity index (χ3v) is 5.12. The first-order valence-corrected chi connectivity index (χ1v) is 8.98. The molecular formula is C19H31N3O2. The van der Waals surface area contributed by atoms with E-state index in [-0.39, 0.29) is 11.3 Å². The first kappa shape index (κ1) is 18.9. The Morgan fingerprint density at radius 3 is 2.62 bits per heavy atom. The lowest BCUT2D eigenvalue weighted by Gasteiger charge is -2.35. The number of hydrogen-bond acceptors (Lipinski definition) is 4. The van der Waals surface area contributed by atoms with Crippen LogP contribution in [0.25, 0.3) is 0 Å². The van der Waals surface area contributed by atoms with Crippen molar-refractivity contribution in [3.05, 3.63) is 23.4 Å². The Morgan fingerprint density at radius 1 is 1.38 bits per heavy atom. The van der Waals surface area contributed by atoms with E-state index in [0.29, 0.717) is 11.9 Å². The monoisotopic (exact) mass is 333 g/mol. The smallest absolute Gasteiger partial charge is 0.231 e. The molecule has 2 rings (SSSR count). The second-order valence-electron chi connectivity index (χ2n) is 7.19. The molecule has 24 heavy (non-hydrogen) atoms. The minimum Gasteiger partial charge on any atom is -0.379 e. The summed E-state index contributed by atoms with van der Waals surface area (Å²) in [5.41, 5.74) is 2.03. The zero-order valence-corrected chi connectivity index (χ0v) is 15.7. The van der Waals surface area contributed by atoms with E-state index in [1.807, 2.05) is 33.0 Å². The predicted molar refractivity (Wildman–Crippen MR) is 97.1 cm³/mol. The lowest BCUT2D eigenvalue weighted by molar-refractivity contribution is -0.124. The van der Waals surface area contributed by atoms with Gasteiger partial charge >= 0.3 is 0 Å². The van der Waals surface area contributed by atoms with Crippen LogP contribution in [0.4, 0.5) is 5.82 Å². The number of nitrogens with one attached hydrogen (secondary N) is 1. The summed E-state index contributed by atoms with van der Waals surface area (Å²) >= 11 is 0. The fourth-order valence-corrected chi connectivity index (χ4v) is 2.98. The number of ether oxygens (including phenoxy) is 1. The number of aromatic nitrogens is 1. The Labute approximate surface area is 145 Å². The van der Waals surface area contributed by atoms with Crippen LogP contribution in [0.1, 0.15) is 57.7 Å². The summed E-state index contributed by atoms with van der Waals surface area (Å²) < 4.78 is 5.48. The number of nitrogens with zero attached hydrogens (tertiary/aromatic N) is 2. The normalized spacial score (nSPS) is 17.5. The van der Waals surface area contributed by atoms with Crippen molar-refractivity contribution in [1.82, 2.24) is 9.88 Å². The molecule has 0 aromatic carbocycles. The highest BCUT2D eigenvalue weighted by Gasteiger charge is 2.27. The number of carbonyl (C=O) groups is 1. The minimum absolute atomic E-state index is 0.0201. The van der Waals surface area contributed by atoms with Gasteiger partial charge in [-0.3, -0.25) is 9.69 Å². The summed E-state index contributed by atoms with van der Waals surface area (Å²) in [4.78, 5) is 19.3. The number of amides is 1. The number of aryl methyl sites for hydroxylation is 1. The van der Waals surface area contributed by atoms with E-state index in [0.717, 1.165) is 39.1 Å². The van der Waals surface area contributed by atoms with Gasteiger partial charge in [-0.1, -0.05) is 27.7 Å². The van der Waals surface area contributed by atoms with Crippen LogP contribution < -0.4 is 5.32 Å². The summed E-state index contributed by atoms with van der Waals surface area (Å²) in [6.45, 7) is 13.7. The van der Waals surface area contributed by atoms with Crippen LogP contribution in [0.5, 0.6) is 0 Å². The number of morpholine rings is 1. The zero-order chi connectivity index (χ0) is 17.7. The van der Waals surface area contributed by atoms with Crippen LogP contribution in [0.3, 0.4) is 0 Å². The van der Waals surface area contributed by atoms with Crippen molar-refractivity contribution >= 4 is 11.7 Å². The van der Waals surface area contributed by atoms with E-state index in [9.17, 15) is 4.79 Å². The van der Waals surface area contributed by atoms with E-state index in [2.05, 4.69) is 29.0 Å². The highest BCUT2D eigenvalue weighted by atomic mass is 16.5. The van der Waals surface area contributed by atoms with Gasteiger partial charge < -0.3 is 10.1 Å². The van der Waals surface area contributed by atoms with Crippen molar-refractivity contribution < 1.29 is 9.53 Å². The van der Waals surface area contributed by atoms with Crippen molar-refractivity contribution in [3.8, 4) is 0 Å². The lowest BCUT2D eigenvalue weighted by atomic mass is 9.89. The van der Waals surface area contributed by atoms with Gasteiger partial charge in [-0.15, -0.1) is 0 Å². The third-order valence-electron chi connectivity index (χ3n) is 5.12. The molecule has 0 aliphatic carbocycles. The van der Waals surface area contributed by atoms with Crippen molar-refractivity contribution in [2.45, 2.75) is 53.5 Å². The predicted octanol–water partition coefficient (Wildman–Crippen LogP) is 3.55. The Bertz CT molecular complexity index is 566. The molecule has 0 bridgehead atoms. The molecule has 0 spiro atoms. The standard InChI is InChI=1S/C19H31N3O2/c1-6-16(22-8-10-24-11-9-22)15-12-17(20-13-14(15)3)21-18(23)19(4,5)7-2/h12-13,16H,6-11H2,1-5H3,(H,20,21,23). The zero-order valence-electron chi connectivity index (χ0n) is 15.7. The molecule has 1 amide bonds. The molecular weight excluding hydrogens is 302 g/mol. The third kappa shape index (κ3) is 4.33. The second-order valence-corrected chi connectivity index (χ2v) is 7.19. The van der Waals surface area contributed by atoms with E-state index in [1.165, 1.54) is 11.1 Å². The van der Waals surface area contributed by atoms with Gasteiger partial charge in [0.25, 0.3) is 0 Å². The van der Waals surface area contributed by atoms with Gasteiger partial charge in [0.05, 0.1) is 13.2 Å². The molecule has 5 nitrogen and oxygen atoms in total. The SMILES string of the molecule is CCC(c1cc(NC(=O)C(C)(C)CC)ncc1C)N1CCOCC1. The van der Waals surface area contributed by atoms with Crippen molar-refractivity contribution in [1.29, 1.82) is 0 Å². The van der Waals surface area contributed by atoms with Crippen LogP contribution in [0.2, 0.25) is 0 Å². The van der Waals surface area contributed by atoms with Gasteiger partial charge in [-0.25, -0.2) is 4.98 Å². The average Bonchev–Trinajstić information content (AvgIpc) is 2.59. The summed E-state index contributed by atoms with van der Waals surface area (Å²) in [6, 6.07) is 2.38. The van der Waals surface area contributed by atoms with Crippen molar-refractivity contribution in [2.24, 2.45) is 5.41 Å². The number of rotatable bonds is 6. The average molecular weight is 333 g/mol. The Balaban J connectivity index is 2.22. The summed E-state index contributed by atoms with van der Waals surface area (Å²) in [5.74, 6) is 0.667. The molecule has 134 valence electrons. The Kier molecular flexibility index (Phi) is 6.35. The summed E-state index contributed by atoms with van der Waals surface area (Å²) in [6.07, 6.45) is 3.69. The molecule has 0 radical (unpaired) electrons. The fourth-order valence-electron chi connectivity index (χ4n) is 2.98. The number of carbonyl (C=O) groups excluding carboxylic acids is 1. The Hall–Kier alpha value is -1.46. The molecule has 1 N–H and O–H groups in total. The molecule has 5 heteroatoms. The van der Waals surface area contributed by atoms with Crippen LogP contribution in [-0.2, 0) is 9.53 Å². The van der Waals surface area contributed by atoms with Crippen LogP contribution in [0.15, 0.2) is 12.3 Å². The van der Waals surface area contributed by atoms with E-state index < -0.39 is 0 Å². The number of hydrogen-bond donors (Lipinski definition) is 1. The summed E-state index contributed by atoms with van der Waals surface area (Å²) in [7, 11) is 0. The molecule has 1 unspecified atom stereocenters. The maximum Gasteiger partial charge on any atom is 0.231 e. The second kappa shape index (κ2) is 8.08. The van der Waals surface area contributed by atoms with Crippen LogP contribution >= 0.6 is 0 Å². The maximum atomic E-state index is 12.4. The van der Waals surface area contributed by atoms with Gasteiger partial charge in [0.1, 0.15) is 5.82 Å². The molecule has 1 aromatic heterocycles. The van der Waals surface area contributed by atoms with Crippen molar-refractivity contribution in [3.63, 3.8) is 0 Å². The van der Waals surface area contributed by atoms with E-state index in [1.54, 1.807) is 0 Å². The van der Waals surface area contributed by atoms with Crippen molar-refractivity contribution in [2.75, 3.05) is 31.6 Å². The number of anilines is 1. The van der Waals surface area contributed by atoms with E-state index >= 15 is 0 Å². The molecule has 1 aliphatic heterocycles. The minimum atomic E-state index is -0.388. The highest BCUT2D eigenvalue weighted by Crippen LogP contribution is 2.29. The molecule has 1 aromatic rings. The maximum absolute atomic E-state index is 12.4. The van der Waals surface area contributed by atoms with Gasteiger partial charge in [0, 0.05) is 30.7 Å². The molecule has 0 saturated carbocycles. The van der Waals surface area contributed by atoms with Gasteiger partial charge in [0.2, 0.25) is 5.91 Å². The molecule has 1 saturated heterocycles. The lowest BCUT2D eigenvalue weighted by Crippen LogP contribution is -2.39. The fraction of sp³-hybridized carbons (Fsp3) is 0.684. The van der Waals surface area contributed by atoms with E-state index in [4.69, 9.17) is 4.74 Å². The first-order chi connectivity index (χ1) is 11.4. The van der Waals surface area contributed by atoms with Gasteiger partial charge in [-0.05, 0) is 37.0 Å². The quantitative estimate of drug-likeness (QED) is 0.865. The molecule has 1 aliphatic rings. The highest BCUT2D eigenvalue weighted by molar-refractivity contribution is 5.94. The van der Waals surface area contributed by atoms with Crippen LogP contribution in [-0.4, -0.2) is 42.1 Å². The molecule has 1 atom stereocenters. The first-order valence-electron chi connectivity index (χ1n) is 8.98. The largest absolute Gasteiger partial charge is 0.379 e. The number of pyridine rings is 1. The molecule has 1 fully saturated rings.